The zero-order chi connectivity index (χ0) is 22.2. The van der Waals surface area contributed by atoms with Crippen molar-refractivity contribution >= 4 is 60.6 Å². The van der Waals surface area contributed by atoms with Gasteiger partial charge in [-0.15, -0.1) is 22.7 Å². The number of carbonyl (C=O) groups is 1. The van der Waals surface area contributed by atoms with Gasteiger partial charge in [-0.05, 0) is 68.3 Å². The Kier molecular flexibility index (Phi) is 5.32. The van der Waals surface area contributed by atoms with Crippen molar-refractivity contribution in [2.75, 3.05) is 11.9 Å². The van der Waals surface area contributed by atoms with E-state index < -0.39 is 0 Å². The summed E-state index contributed by atoms with van der Waals surface area (Å²) in [7, 11) is 0. The third-order valence-corrected chi connectivity index (χ3v) is 7.37. The molecule has 0 bridgehead atoms. The van der Waals surface area contributed by atoms with Crippen molar-refractivity contribution in [2.24, 2.45) is 0 Å². The Morgan fingerprint density at radius 1 is 1.06 bits per heavy atom. The van der Waals surface area contributed by atoms with E-state index in [1.54, 1.807) is 18.3 Å². The summed E-state index contributed by atoms with van der Waals surface area (Å²) in [4.78, 5) is 27.1. The number of fused-ring (bicyclic) bond motifs is 2. The molecule has 1 N–H and O–H groups in total. The molecule has 0 radical (unpaired) electrons. The lowest BCUT2D eigenvalue weighted by Crippen LogP contribution is -2.03. The lowest BCUT2D eigenvalue weighted by Gasteiger charge is -2.08. The number of carbonyl (C=O) groups excluding carboxylic acids is 1. The number of rotatable bonds is 5. The summed E-state index contributed by atoms with van der Waals surface area (Å²) in [5, 5.41) is 5.20. The first-order chi connectivity index (χ1) is 15.5. The summed E-state index contributed by atoms with van der Waals surface area (Å²) in [5.41, 5.74) is 5.05. The third kappa shape index (κ3) is 3.72. The normalized spacial score (nSPS) is 11.2. The van der Waals surface area contributed by atoms with Crippen LogP contribution in [0.5, 0.6) is 0 Å². The summed E-state index contributed by atoms with van der Waals surface area (Å²) in [5.74, 6) is 0.344. The van der Waals surface area contributed by atoms with Crippen LogP contribution in [0.3, 0.4) is 0 Å². The second-order valence-electron chi connectivity index (χ2n) is 7.37. The van der Waals surface area contributed by atoms with Crippen LogP contribution < -0.4 is 5.32 Å². The molecule has 3 heterocycles. The van der Waals surface area contributed by atoms with Crippen LogP contribution in [0.25, 0.3) is 31.0 Å². The zero-order valence-corrected chi connectivity index (χ0v) is 19.4. The molecule has 0 saturated carbocycles. The molecule has 0 aliphatic carbocycles. The van der Waals surface area contributed by atoms with Gasteiger partial charge in [-0.2, -0.15) is 0 Å². The molecular formula is C24H20N4O2S2. The van der Waals surface area contributed by atoms with Crippen LogP contribution in [0, 0.1) is 13.8 Å². The van der Waals surface area contributed by atoms with Gasteiger partial charge in [0.1, 0.15) is 26.9 Å². The number of ether oxygens (including phenoxy) is 1. The number of thiophene rings is 1. The molecule has 32 heavy (non-hydrogen) atoms. The fraction of sp³-hybridized carbons (Fsp3) is 0.167. The van der Waals surface area contributed by atoms with Crippen LogP contribution in [0.2, 0.25) is 0 Å². The molecule has 0 unspecified atom stereocenters. The molecule has 0 saturated heterocycles. The van der Waals surface area contributed by atoms with Gasteiger partial charge in [-0.1, -0.05) is 6.07 Å². The van der Waals surface area contributed by atoms with Gasteiger partial charge in [0.15, 0.2) is 0 Å². The van der Waals surface area contributed by atoms with Gasteiger partial charge in [-0.25, -0.2) is 19.7 Å². The highest BCUT2D eigenvalue weighted by Crippen LogP contribution is 2.36. The quantitative estimate of drug-likeness (QED) is 0.302. The molecule has 0 atom stereocenters. The molecule has 5 aromatic rings. The van der Waals surface area contributed by atoms with E-state index in [9.17, 15) is 4.79 Å². The molecule has 3 aromatic heterocycles. The van der Waals surface area contributed by atoms with E-state index in [0.29, 0.717) is 17.3 Å². The van der Waals surface area contributed by atoms with Crippen LogP contribution in [0.1, 0.15) is 27.7 Å². The molecule has 2 aromatic carbocycles. The second kappa shape index (κ2) is 8.29. The molecule has 0 spiro atoms. The SMILES string of the molecule is CCOC(=O)c1sc2ncnc(Nc3ccc(-c4nc5ccc(C)cc5s4)cc3)c2c1C. The van der Waals surface area contributed by atoms with Crippen molar-refractivity contribution < 1.29 is 9.53 Å². The average molecular weight is 461 g/mol. The first-order valence-electron chi connectivity index (χ1n) is 10.2. The van der Waals surface area contributed by atoms with Crippen LogP contribution in [0.4, 0.5) is 11.5 Å². The predicted octanol–water partition coefficient (Wildman–Crippen LogP) is 6.51. The molecule has 0 amide bonds. The molecule has 0 aliphatic rings. The van der Waals surface area contributed by atoms with Crippen molar-refractivity contribution in [3.05, 3.63) is 64.8 Å². The first kappa shape index (κ1) is 20.5. The Hall–Kier alpha value is -3.36. The van der Waals surface area contributed by atoms with E-state index in [1.807, 2.05) is 19.1 Å². The summed E-state index contributed by atoms with van der Waals surface area (Å²) in [6.45, 7) is 6.13. The highest BCUT2D eigenvalue weighted by molar-refractivity contribution is 7.21. The van der Waals surface area contributed by atoms with E-state index in [4.69, 9.17) is 9.72 Å². The zero-order valence-electron chi connectivity index (χ0n) is 17.8. The van der Waals surface area contributed by atoms with Gasteiger partial charge in [0.05, 0.1) is 22.2 Å². The predicted molar refractivity (Wildman–Crippen MR) is 131 cm³/mol. The molecular weight excluding hydrogens is 440 g/mol. The summed E-state index contributed by atoms with van der Waals surface area (Å²) in [6.07, 6.45) is 1.51. The monoisotopic (exact) mass is 460 g/mol. The summed E-state index contributed by atoms with van der Waals surface area (Å²) < 4.78 is 6.37. The minimum atomic E-state index is -0.325. The van der Waals surface area contributed by atoms with Crippen LogP contribution in [-0.4, -0.2) is 27.5 Å². The Bertz CT molecular complexity index is 1450. The Morgan fingerprint density at radius 2 is 1.88 bits per heavy atom. The lowest BCUT2D eigenvalue weighted by atomic mass is 10.2. The van der Waals surface area contributed by atoms with Crippen molar-refractivity contribution in [3.8, 4) is 10.6 Å². The Labute approximate surface area is 192 Å². The van der Waals surface area contributed by atoms with Crippen LogP contribution in [0.15, 0.2) is 48.8 Å². The number of nitrogens with zero attached hydrogens (tertiary/aromatic N) is 3. The van der Waals surface area contributed by atoms with E-state index in [1.165, 1.54) is 27.9 Å². The maximum absolute atomic E-state index is 12.3. The third-order valence-electron chi connectivity index (χ3n) is 5.13. The average Bonchev–Trinajstić information content (AvgIpc) is 3.36. The van der Waals surface area contributed by atoms with Gasteiger partial charge in [0.2, 0.25) is 0 Å². The van der Waals surface area contributed by atoms with Gasteiger partial charge in [-0.3, -0.25) is 0 Å². The Morgan fingerprint density at radius 3 is 2.66 bits per heavy atom. The van der Waals surface area contributed by atoms with Crippen molar-refractivity contribution in [1.82, 2.24) is 15.0 Å². The number of aromatic nitrogens is 3. The van der Waals surface area contributed by atoms with E-state index in [0.717, 1.165) is 37.6 Å². The standard InChI is InChI=1S/C24H20N4O2S2/c1-4-30-24(29)20-14(3)19-21(25-12-26-23(19)32-20)27-16-8-6-15(7-9-16)22-28-17-10-5-13(2)11-18(17)31-22/h5-12H,4H2,1-3H3,(H,25,26,27). The molecule has 160 valence electrons. The molecule has 5 rings (SSSR count). The van der Waals surface area contributed by atoms with Crippen LogP contribution >= 0.6 is 22.7 Å². The number of esters is 1. The number of benzene rings is 2. The van der Waals surface area contributed by atoms with Crippen molar-refractivity contribution in [1.29, 1.82) is 0 Å². The fourth-order valence-electron chi connectivity index (χ4n) is 3.55. The van der Waals surface area contributed by atoms with E-state index in [-0.39, 0.29) is 5.97 Å². The van der Waals surface area contributed by atoms with Gasteiger partial charge in [0.25, 0.3) is 0 Å². The second-order valence-corrected chi connectivity index (χ2v) is 9.40. The molecule has 0 aliphatic heterocycles. The number of hydrogen-bond donors (Lipinski definition) is 1. The minimum Gasteiger partial charge on any atom is -0.462 e. The van der Waals surface area contributed by atoms with E-state index >= 15 is 0 Å². The summed E-state index contributed by atoms with van der Waals surface area (Å²) >= 11 is 3.02. The smallest absolute Gasteiger partial charge is 0.348 e. The molecule has 8 heteroatoms. The van der Waals surface area contributed by atoms with Crippen molar-refractivity contribution in [3.63, 3.8) is 0 Å². The summed E-state index contributed by atoms with van der Waals surface area (Å²) in [6, 6.07) is 14.4. The topological polar surface area (TPSA) is 77.0 Å². The van der Waals surface area contributed by atoms with Gasteiger partial charge in [0, 0.05) is 11.3 Å². The van der Waals surface area contributed by atoms with E-state index in [2.05, 4.69) is 52.5 Å². The Balaban J connectivity index is 1.44. The molecule has 6 nitrogen and oxygen atoms in total. The number of anilines is 2. The van der Waals surface area contributed by atoms with Gasteiger partial charge >= 0.3 is 5.97 Å². The van der Waals surface area contributed by atoms with Gasteiger partial charge < -0.3 is 10.1 Å². The van der Waals surface area contributed by atoms with Crippen molar-refractivity contribution in [2.45, 2.75) is 20.8 Å². The maximum Gasteiger partial charge on any atom is 0.348 e. The highest BCUT2D eigenvalue weighted by atomic mass is 32.1. The number of aryl methyl sites for hydroxylation is 2. The fourth-order valence-corrected chi connectivity index (χ4v) is 5.66. The number of hydrogen-bond acceptors (Lipinski definition) is 8. The minimum absolute atomic E-state index is 0.325. The number of nitrogens with one attached hydrogen (secondary N) is 1. The lowest BCUT2D eigenvalue weighted by molar-refractivity contribution is 0.0531. The first-order valence-corrected chi connectivity index (χ1v) is 11.8. The largest absolute Gasteiger partial charge is 0.462 e. The number of thiazole rings is 1. The highest BCUT2D eigenvalue weighted by Gasteiger charge is 2.20. The molecule has 0 fully saturated rings. The van der Waals surface area contributed by atoms with Crippen LogP contribution in [-0.2, 0) is 4.74 Å². The maximum atomic E-state index is 12.3.